The van der Waals surface area contributed by atoms with Crippen molar-refractivity contribution in [2.24, 2.45) is 7.05 Å². The van der Waals surface area contributed by atoms with Gasteiger partial charge in [0.1, 0.15) is 5.75 Å². The highest BCUT2D eigenvalue weighted by Gasteiger charge is 2.20. The molecule has 0 saturated heterocycles. The molecule has 2 aromatic heterocycles. The van der Waals surface area contributed by atoms with E-state index >= 15 is 0 Å². The Hall–Kier alpha value is -3.71. The van der Waals surface area contributed by atoms with Gasteiger partial charge in [0.15, 0.2) is 5.65 Å². The fraction of sp³-hybridized carbons (Fsp3) is 0.269. The number of carbonyl (C=O) groups is 1. The molecule has 2 aromatic carbocycles. The number of pyridine rings is 1. The van der Waals surface area contributed by atoms with Crippen molar-refractivity contribution in [2.45, 2.75) is 33.0 Å². The summed E-state index contributed by atoms with van der Waals surface area (Å²) < 4.78 is 7.39. The van der Waals surface area contributed by atoms with Gasteiger partial charge in [-0.25, -0.2) is 4.98 Å². The molecular formula is C26H28N4O3. The number of aryl methyl sites for hydroxylation is 2. The number of aliphatic hydroxyl groups excluding tert-OH is 1. The van der Waals surface area contributed by atoms with Crippen LogP contribution in [0.1, 0.15) is 41.6 Å². The van der Waals surface area contributed by atoms with Crippen LogP contribution in [0.15, 0.2) is 60.7 Å². The highest BCUT2D eigenvalue weighted by molar-refractivity contribution is 6.07. The molecule has 0 bridgehead atoms. The van der Waals surface area contributed by atoms with E-state index in [-0.39, 0.29) is 18.6 Å². The van der Waals surface area contributed by atoms with Crippen LogP contribution in [0.2, 0.25) is 0 Å². The van der Waals surface area contributed by atoms with Gasteiger partial charge in [0.05, 0.1) is 34.5 Å². The normalized spacial score (nSPS) is 12.2. The SMILES string of the molecule is Cc1nn(C)c2nc(-c3ccccc3)cc(C(=O)NCC(O)c3cccc(OC(C)C)c3)c12. The molecule has 4 rings (SSSR count). The molecule has 2 heterocycles. The van der Waals surface area contributed by atoms with Gasteiger partial charge >= 0.3 is 0 Å². The Bertz CT molecular complexity index is 1280. The lowest BCUT2D eigenvalue weighted by Gasteiger charge is -2.15. The van der Waals surface area contributed by atoms with E-state index in [1.165, 1.54) is 0 Å². The summed E-state index contributed by atoms with van der Waals surface area (Å²) >= 11 is 0. The highest BCUT2D eigenvalue weighted by Crippen LogP contribution is 2.27. The molecule has 0 spiro atoms. The van der Waals surface area contributed by atoms with Gasteiger partial charge in [-0.1, -0.05) is 42.5 Å². The van der Waals surface area contributed by atoms with E-state index in [4.69, 9.17) is 9.72 Å². The lowest BCUT2D eigenvalue weighted by Crippen LogP contribution is -2.28. The fourth-order valence-electron chi connectivity index (χ4n) is 3.85. The Kier molecular flexibility index (Phi) is 6.42. The van der Waals surface area contributed by atoms with Gasteiger partial charge in [0, 0.05) is 19.2 Å². The van der Waals surface area contributed by atoms with Crippen LogP contribution in [-0.2, 0) is 7.05 Å². The first-order valence-corrected chi connectivity index (χ1v) is 11.0. The van der Waals surface area contributed by atoms with Gasteiger partial charge in [-0.15, -0.1) is 0 Å². The number of amides is 1. The van der Waals surface area contributed by atoms with Gasteiger partial charge in [-0.2, -0.15) is 5.10 Å². The van der Waals surface area contributed by atoms with Crippen molar-refractivity contribution in [1.82, 2.24) is 20.1 Å². The first kappa shape index (κ1) is 22.5. The van der Waals surface area contributed by atoms with Crippen molar-refractivity contribution in [1.29, 1.82) is 0 Å². The molecule has 0 fully saturated rings. The van der Waals surface area contributed by atoms with Gasteiger partial charge in [-0.05, 0) is 44.5 Å². The van der Waals surface area contributed by atoms with Crippen molar-refractivity contribution in [3.8, 4) is 17.0 Å². The topological polar surface area (TPSA) is 89.3 Å². The molecule has 0 aliphatic carbocycles. The number of aromatic nitrogens is 3. The average Bonchev–Trinajstić information content (AvgIpc) is 3.10. The number of hydrogen-bond donors (Lipinski definition) is 2. The molecule has 1 atom stereocenters. The molecular weight excluding hydrogens is 416 g/mol. The Morgan fingerprint density at radius 2 is 1.88 bits per heavy atom. The van der Waals surface area contributed by atoms with Crippen LogP contribution >= 0.6 is 0 Å². The lowest BCUT2D eigenvalue weighted by atomic mass is 10.0. The van der Waals surface area contributed by atoms with Crippen LogP contribution in [-0.4, -0.2) is 38.4 Å². The minimum atomic E-state index is -0.870. The van der Waals surface area contributed by atoms with E-state index < -0.39 is 6.10 Å². The van der Waals surface area contributed by atoms with Gasteiger partial charge in [0.25, 0.3) is 5.91 Å². The minimum Gasteiger partial charge on any atom is -0.491 e. The number of aliphatic hydroxyl groups is 1. The molecule has 4 aromatic rings. The summed E-state index contributed by atoms with van der Waals surface area (Å²) in [7, 11) is 1.81. The Balaban J connectivity index is 1.60. The molecule has 33 heavy (non-hydrogen) atoms. The van der Waals surface area contributed by atoms with Crippen LogP contribution in [0.5, 0.6) is 5.75 Å². The number of benzene rings is 2. The second kappa shape index (κ2) is 9.42. The summed E-state index contributed by atoms with van der Waals surface area (Å²) in [6, 6.07) is 18.8. The van der Waals surface area contributed by atoms with Crippen molar-refractivity contribution in [3.63, 3.8) is 0 Å². The number of nitrogens with one attached hydrogen (secondary N) is 1. The molecule has 2 N–H and O–H groups in total. The van der Waals surface area contributed by atoms with Crippen molar-refractivity contribution in [3.05, 3.63) is 77.5 Å². The third-order valence-electron chi connectivity index (χ3n) is 5.35. The smallest absolute Gasteiger partial charge is 0.252 e. The Labute approximate surface area is 193 Å². The van der Waals surface area contributed by atoms with Crippen LogP contribution in [0.4, 0.5) is 0 Å². The van der Waals surface area contributed by atoms with E-state index in [1.54, 1.807) is 16.8 Å². The van der Waals surface area contributed by atoms with Gasteiger partial charge < -0.3 is 15.2 Å². The summed E-state index contributed by atoms with van der Waals surface area (Å²) in [5.41, 5.74) is 4.12. The number of ether oxygens (including phenoxy) is 1. The monoisotopic (exact) mass is 444 g/mol. The van der Waals surface area contributed by atoms with Crippen LogP contribution < -0.4 is 10.1 Å². The summed E-state index contributed by atoms with van der Waals surface area (Å²) in [5, 5.41) is 18.7. The number of hydrogen-bond acceptors (Lipinski definition) is 5. The fourth-order valence-corrected chi connectivity index (χ4v) is 3.85. The molecule has 1 amide bonds. The summed E-state index contributed by atoms with van der Waals surface area (Å²) in [4.78, 5) is 18.0. The maximum absolute atomic E-state index is 13.2. The van der Waals surface area contributed by atoms with Crippen molar-refractivity contribution >= 4 is 16.9 Å². The van der Waals surface area contributed by atoms with E-state index in [1.807, 2.05) is 76.3 Å². The van der Waals surface area contributed by atoms with Crippen molar-refractivity contribution < 1.29 is 14.6 Å². The number of rotatable bonds is 7. The predicted molar refractivity (Wildman–Crippen MR) is 128 cm³/mol. The van der Waals surface area contributed by atoms with Gasteiger partial charge in [0.2, 0.25) is 0 Å². The zero-order valence-corrected chi connectivity index (χ0v) is 19.2. The molecule has 7 heteroatoms. The molecule has 170 valence electrons. The summed E-state index contributed by atoms with van der Waals surface area (Å²) in [5.74, 6) is 0.395. The van der Waals surface area contributed by atoms with E-state index in [2.05, 4.69) is 10.4 Å². The Morgan fingerprint density at radius 1 is 1.12 bits per heavy atom. The number of nitrogens with zero attached hydrogens (tertiary/aromatic N) is 3. The number of carbonyl (C=O) groups excluding carboxylic acids is 1. The van der Waals surface area contributed by atoms with E-state index in [9.17, 15) is 9.90 Å². The molecule has 0 radical (unpaired) electrons. The molecule has 0 saturated carbocycles. The maximum Gasteiger partial charge on any atom is 0.252 e. The largest absolute Gasteiger partial charge is 0.491 e. The average molecular weight is 445 g/mol. The van der Waals surface area contributed by atoms with Crippen LogP contribution in [0.25, 0.3) is 22.3 Å². The Morgan fingerprint density at radius 3 is 2.61 bits per heavy atom. The number of fused-ring (bicyclic) bond motifs is 1. The van der Waals surface area contributed by atoms with Gasteiger partial charge in [-0.3, -0.25) is 9.48 Å². The highest BCUT2D eigenvalue weighted by atomic mass is 16.5. The molecule has 0 aliphatic heterocycles. The van der Waals surface area contributed by atoms with E-state index in [0.717, 1.165) is 11.3 Å². The minimum absolute atomic E-state index is 0.0349. The second-order valence-corrected chi connectivity index (χ2v) is 8.29. The summed E-state index contributed by atoms with van der Waals surface area (Å²) in [6.07, 6.45) is -0.835. The standard InChI is InChI=1S/C26H28N4O3/c1-16(2)33-20-12-8-11-19(13-20)23(31)15-27-26(32)21-14-22(18-9-6-5-7-10-18)28-25-24(21)17(3)29-30(25)4/h5-14,16,23,31H,15H2,1-4H3,(H,27,32). The zero-order chi connectivity index (χ0) is 23.5. The van der Waals surface area contributed by atoms with Crippen molar-refractivity contribution in [2.75, 3.05) is 6.54 Å². The van der Waals surface area contributed by atoms with Crippen LogP contribution in [0.3, 0.4) is 0 Å². The lowest BCUT2D eigenvalue weighted by molar-refractivity contribution is 0.0917. The maximum atomic E-state index is 13.2. The molecule has 7 nitrogen and oxygen atoms in total. The quantitative estimate of drug-likeness (QED) is 0.446. The first-order chi connectivity index (χ1) is 15.8. The first-order valence-electron chi connectivity index (χ1n) is 11.0. The van der Waals surface area contributed by atoms with Crippen LogP contribution in [0, 0.1) is 6.92 Å². The molecule has 0 aliphatic rings. The third kappa shape index (κ3) is 4.88. The molecule has 1 unspecified atom stereocenters. The van der Waals surface area contributed by atoms with E-state index in [0.29, 0.717) is 33.6 Å². The second-order valence-electron chi connectivity index (χ2n) is 8.29. The summed E-state index contributed by atoms with van der Waals surface area (Å²) in [6.45, 7) is 5.82. The third-order valence-corrected chi connectivity index (χ3v) is 5.35. The zero-order valence-electron chi connectivity index (χ0n) is 19.2. The predicted octanol–water partition coefficient (Wildman–Crippen LogP) is 4.19.